The number of aryl methyl sites for hydroxylation is 4. The number of carbonyl (C=O) groups is 1. The van der Waals surface area contributed by atoms with Crippen LogP contribution in [-0.2, 0) is 17.8 Å². The molecule has 3 heterocycles. The molecule has 0 bridgehead atoms. The molecule has 0 saturated heterocycles. The van der Waals surface area contributed by atoms with Gasteiger partial charge in [-0.05, 0) is 50.8 Å². The molecule has 26 heavy (non-hydrogen) atoms. The highest BCUT2D eigenvalue weighted by atomic mass is 32.1. The van der Waals surface area contributed by atoms with Crippen LogP contribution in [0.15, 0.2) is 29.1 Å². The summed E-state index contributed by atoms with van der Waals surface area (Å²) in [5.74, 6) is 0.524. The van der Waals surface area contributed by atoms with Crippen LogP contribution in [0.5, 0.6) is 0 Å². The Bertz CT molecular complexity index is 1080. The van der Waals surface area contributed by atoms with Gasteiger partial charge in [-0.1, -0.05) is 18.2 Å². The molecule has 5 nitrogen and oxygen atoms in total. The zero-order chi connectivity index (χ0) is 18.4. The average molecular weight is 367 g/mol. The molecule has 0 saturated carbocycles. The van der Waals surface area contributed by atoms with Gasteiger partial charge in [0.25, 0.3) is 5.56 Å². The van der Waals surface area contributed by atoms with E-state index in [0.29, 0.717) is 17.8 Å². The number of para-hydroxylation sites is 1. The lowest BCUT2D eigenvalue weighted by Gasteiger charge is -2.29. The fourth-order valence-corrected chi connectivity index (χ4v) is 4.69. The van der Waals surface area contributed by atoms with E-state index in [9.17, 15) is 9.59 Å². The monoisotopic (exact) mass is 367 g/mol. The Hall–Kier alpha value is -2.47. The Morgan fingerprint density at radius 3 is 2.81 bits per heavy atom. The third-order valence-corrected chi connectivity index (χ3v) is 6.29. The van der Waals surface area contributed by atoms with Gasteiger partial charge in [-0.2, -0.15) is 0 Å². The number of anilines is 1. The van der Waals surface area contributed by atoms with Crippen LogP contribution in [0.25, 0.3) is 10.2 Å². The lowest BCUT2D eigenvalue weighted by atomic mass is 10.0. The van der Waals surface area contributed by atoms with Gasteiger partial charge in [-0.15, -0.1) is 11.3 Å². The molecule has 1 amide bonds. The molecule has 0 fully saturated rings. The van der Waals surface area contributed by atoms with Crippen molar-refractivity contribution in [1.82, 2.24) is 9.55 Å². The van der Waals surface area contributed by atoms with Crippen molar-refractivity contribution < 1.29 is 4.79 Å². The molecular weight excluding hydrogens is 346 g/mol. The van der Waals surface area contributed by atoms with Crippen molar-refractivity contribution in [2.45, 2.75) is 40.2 Å². The summed E-state index contributed by atoms with van der Waals surface area (Å²) in [5, 5.41) is 0.643. The van der Waals surface area contributed by atoms with Crippen LogP contribution >= 0.6 is 11.3 Å². The van der Waals surface area contributed by atoms with E-state index in [1.165, 1.54) is 21.5 Å². The van der Waals surface area contributed by atoms with Gasteiger partial charge in [0, 0.05) is 17.1 Å². The maximum Gasteiger partial charge on any atom is 0.263 e. The van der Waals surface area contributed by atoms with E-state index in [1.54, 1.807) is 11.8 Å². The molecule has 1 aliphatic heterocycles. The Kier molecular flexibility index (Phi) is 4.15. The molecule has 0 atom stereocenters. The van der Waals surface area contributed by atoms with Crippen molar-refractivity contribution in [3.8, 4) is 0 Å². The number of carbonyl (C=O) groups excluding carboxylic acids is 1. The second-order valence-corrected chi connectivity index (χ2v) is 7.99. The van der Waals surface area contributed by atoms with Crippen molar-refractivity contribution in [2.24, 2.45) is 0 Å². The Labute approximate surface area is 155 Å². The van der Waals surface area contributed by atoms with Gasteiger partial charge < -0.3 is 4.90 Å². The fraction of sp³-hybridized carbons (Fsp3) is 0.350. The topological polar surface area (TPSA) is 55.2 Å². The molecule has 0 unspecified atom stereocenters. The summed E-state index contributed by atoms with van der Waals surface area (Å²) in [6.07, 6.45) is 1.93. The molecule has 0 aliphatic carbocycles. The SMILES string of the molecule is Cc1sc2nc(C)n(CC(=O)N3CCCc4ccccc43)c(=O)c2c1C. The third kappa shape index (κ3) is 2.65. The first-order valence-electron chi connectivity index (χ1n) is 8.83. The highest BCUT2D eigenvalue weighted by Crippen LogP contribution is 2.28. The van der Waals surface area contributed by atoms with Gasteiger partial charge in [-0.25, -0.2) is 4.98 Å². The van der Waals surface area contributed by atoms with E-state index in [4.69, 9.17) is 0 Å². The second kappa shape index (κ2) is 6.36. The number of hydrogen-bond donors (Lipinski definition) is 0. The minimum absolute atomic E-state index is 0.0241. The van der Waals surface area contributed by atoms with E-state index >= 15 is 0 Å². The van der Waals surface area contributed by atoms with Crippen molar-refractivity contribution in [3.63, 3.8) is 0 Å². The summed E-state index contributed by atoms with van der Waals surface area (Å²) < 4.78 is 1.51. The number of fused-ring (bicyclic) bond motifs is 2. The summed E-state index contributed by atoms with van der Waals surface area (Å²) >= 11 is 1.53. The average Bonchev–Trinajstić information content (AvgIpc) is 2.91. The maximum absolute atomic E-state index is 13.0. The number of aromatic nitrogens is 2. The smallest absolute Gasteiger partial charge is 0.263 e. The third-order valence-electron chi connectivity index (χ3n) is 5.18. The number of rotatable bonds is 2. The normalized spacial score (nSPS) is 13.9. The summed E-state index contributed by atoms with van der Waals surface area (Å²) in [6, 6.07) is 8.00. The molecule has 3 aromatic rings. The lowest BCUT2D eigenvalue weighted by Crippen LogP contribution is -2.40. The van der Waals surface area contributed by atoms with Gasteiger partial charge in [-0.3, -0.25) is 14.2 Å². The van der Waals surface area contributed by atoms with E-state index in [1.807, 2.05) is 32.0 Å². The first-order chi connectivity index (χ1) is 12.5. The molecule has 1 aliphatic rings. The van der Waals surface area contributed by atoms with Crippen LogP contribution in [0.1, 0.15) is 28.2 Å². The van der Waals surface area contributed by atoms with Gasteiger partial charge >= 0.3 is 0 Å². The van der Waals surface area contributed by atoms with Crippen molar-refractivity contribution >= 4 is 33.1 Å². The molecule has 0 spiro atoms. The first-order valence-corrected chi connectivity index (χ1v) is 9.64. The van der Waals surface area contributed by atoms with Gasteiger partial charge in [0.1, 0.15) is 17.2 Å². The number of benzene rings is 1. The van der Waals surface area contributed by atoms with Crippen molar-refractivity contribution in [1.29, 1.82) is 0 Å². The summed E-state index contributed by atoms with van der Waals surface area (Å²) in [4.78, 5) is 34.2. The van der Waals surface area contributed by atoms with E-state index in [-0.39, 0.29) is 18.0 Å². The zero-order valence-electron chi connectivity index (χ0n) is 15.2. The van der Waals surface area contributed by atoms with Crippen molar-refractivity contribution in [3.05, 3.63) is 56.4 Å². The van der Waals surface area contributed by atoms with Crippen molar-refractivity contribution in [2.75, 3.05) is 11.4 Å². The van der Waals surface area contributed by atoms with E-state index in [0.717, 1.165) is 33.8 Å². The lowest BCUT2D eigenvalue weighted by molar-refractivity contribution is -0.119. The van der Waals surface area contributed by atoms with E-state index in [2.05, 4.69) is 11.1 Å². The van der Waals surface area contributed by atoms with Crippen LogP contribution in [0.4, 0.5) is 5.69 Å². The Balaban J connectivity index is 1.73. The van der Waals surface area contributed by atoms with E-state index < -0.39 is 0 Å². The first kappa shape index (κ1) is 17.0. The second-order valence-electron chi connectivity index (χ2n) is 6.79. The summed E-state index contributed by atoms with van der Waals surface area (Å²) in [6.45, 7) is 6.45. The molecule has 1 aromatic carbocycles. The Morgan fingerprint density at radius 1 is 1.23 bits per heavy atom. The predicted octanol–water partition coefficient (Wildman–Crippen LogP) is 3.36. The standard InChI is InChI=1S/C20H21N3O2S/c1-12-13(2)26-19-18(12)20(25)23(14(3)21-19)11-17(24)22-10-6-8-15-7-4-5-9-16(15)22/h4-5,7,9H,6,8,10-11H2,1-3H3. The molecule has 2 aromatic heterocycles. The number of amides is 1. The largest absolute Gasteiger partial charge is 0.311 e. The predicted molar refractivity (Wildman–Crippen MR) is 105 cm³/mol. The molecule has 0 radical (unpaired) electrons. The molecular formula is C20H21N3O2S. The van der Waals surface area contributed by atoms with Crippen LogP contribution in [0, 0.1) is 20.8 Å². The summed E-state index contributed by atoms with van der Waals surface area (Å²) in [7, 11) is 0. The van der Waals surface area contributed by atoms with Crippen LogP contribution in [0.2, 0.25) is 0 Å². The number of nitrogens with zero attached hydrogens (tertiary/aromatic N) is 3. The highest BCUT2D eigenvalue weighted by molar-refractivity contribution is 7.18. The van der Waals surface area contributed by atoms with Crippen LogP contribution < -0.4 is 10.5 Å². The fourth-order valence-electron chi connectivity index (χ4n) is 3.63. The molecule has 134 valence electrons. The molecule has 0 N–H and O–H groups in total. The molecule has 6 heteroatoms. The highest BCUT2D eigenvalue weighted by Gasteiger charge is 2.24. The van der Waals surface area contributed by atoms with Gasteiger partial charge in [0.15, 0.2) is 0 Å². The zero-order valence-corrected chi connectivity index (χ0v) is 16.0. The van der Waals surface area contributed by atoms with Gasteiger partial charge in [0.05, 0.1) is 5.39 Å². The van der Waals surface area contributed by atoms with Crippen LogP contribution in [-0.4, -0.2) is 22.0 Å². The quantitative estimate of drug-likeness (QED) is 0.698. The van der Waals surface area contributed by atoms with Crippen LogP contribution in [0.3, 0.4) is 0 Å². The Morgan fingerprint density at radius 2 is 2.00 bits per heavy atom. The van der Waals surface area contributed by atoms with Gasteiger partial charge in [0.2, 0.25) is 5.91 Å². The number of thiophene rings is 1. The number of hydrogen-bond acceptors (Lipinski definition) is 4. The maximum atomic E-state index is 13.0. The molecule has 4 rings (SSSR count). The minimum Gasteiger partial charge on any atom is -0.311 e. The minimum atomic E-state index is -0.118. The summed E-state index contributed by atoms with van der Waals surface area (Å²) in [5.41, 5.74) is 3.00.